The molecule has 0 aliphatic carbocycles. The van der Waals surface area contributed by atoms with Crippen molar-refractivity contribution in [2.24, 2.45) is 0 Å². The van der Waals surface area contributed by atoms with Crippen LogP contribution in [0.3, 0.4) is 0 Å². The van der Waals surface area contributed by atoms with Gasteiger partial charge in [-0.2, -0.15) is 0 Å². The molecule has 4 heteroatoms. The monoisotopic (exact) mass is 183 g/mol. The minimum atomic E-state index is 0.668. The average molecular weight is 183 g/mol. The van der Waals surface area contributed by atoms with Gasteiger partial charge in [-0.15, -0.1) is 11.3 Å². The van der Waals surface area contributed by atoms with E-state index in [0.717, 1.165) is 24.8 Å². The molecule has 1 saturated heterocycles. The standard InChI is InChI=1S/C8H13N3S/c1-2-11(7-5-9-6-7)8-10-3-4-12-8/h3-4,7,9H,2,5-6H2,1H3. The average Bonchev–Trinajstić information content (AvgIpc) is 2.47. The lowest BCUT2D eigenvalue weighted by molar-refractivity contribution is 0.417. The molecule has 1 aliphatic heterocycles. The van der Waals surface area contributed by atoms with E-state index in [1.807, 2.05) is 11.6 Å². The van der Waals surface area contributed by atoms with Crippen LogP contribution < -0.4 is 10.2 Å². The molecule has 1 aliphatic rings. The van der Waals surface area contributed by atoms with Gasteiger partial charge in [0.15, 0.2) is 5.13 Å². The number of nitrogens with zero attached hydrogens (tertiary/aromatic N) is 2. The third kappa shape index (κ3) is 1.32. The van der Waals surface area contributed by atoms with Crippen molar-refractivity contribution in [2.75, 3.05) is 24.5 Å². The molecule has 66 valence electrons. The molecule has 2 rings (SSSR count). The Morgan fingerprint density at radius 3 is 3.00 bits per heavy atom. The van der Waals surface area contributed by atoms with E-state index in [1.54, 1.807) is 11.3 Å². The van der Waals surface area contributed by atoms with Crippen molar-refractivity contribution in [1.82, 2.24) is 10.3 Å². The summed E-state index contributed by atoms with van der Waals surface area (Å²) in [7, 11) is 0. The Kier molecular flexibility index (Phi) is 2.28. The van der Waals surface area contributed by atoms with Gasteiger partial charge in [-0.1, -0.05) is 0 Å². The summed E-state index contributed by atoms with van der Waals surface area (Å²) in [5.41, 5.74) is 0. The van der Waals surface area contributed by atoms with Crippen LogP contribution >= 0.6 is 11.3 Å². The number of hydrogen-bond acceptors (Lipinski definition) is 4. The second kappa shape index (κ2) is 3.41. The van der Waals surface area contributed by atoms with E-state index >= 15 is 0 Å². The SMILES string of the molecule is CCN(c1nccs1)C1CNC1. The molecular formula is C8H13N3S. The highest BCUT2D eigenvalue weighted by Crippen LogP contribution is 2.20. The topological polar surface area (TPSA) is 28.2 Å². The number of hydrogen-bond donors (Lipinski definition) is 1. The Labute approximate surface area is 76.4 Å². The predicted octanol–water partition coefficient (Wildman–Crippen LogP) is 0.941. The summed E-state index contributed by atoms with van der Waals surface area (Å²) in [6, 6.07) is 0.668. The van der Waals surface area contributed by atoms with Gasteiger partial charge in [-0.25, -0.2) is 4.98 Å². The Bertz CT molecular complexity index is 230. The van der Waals surface area contributed by atoms with Crippen LogP contribution in [0.5, 0.6) is 0 Å². The fourth-order valence-electron chi connectivity index (χ4n) is 1.40. The van der Waals surface area contributed by atoms with Gasteiger partial charge in [0.2, 0.25) is 0 Å². The van der Waals surface area contributed by atoms with E-state index in [4.69, 9.17) is 0 Å². The molecule has 1 aromatic rings. The maximum absolute atomic E-state index is 4.31. The van der Waals surface area contributed by atoms with Gasteiger partial charge in [0.1, 0.15) is 0 Å². The van der Waals surface area contributed by atoms with Crippen molar-refractivity contribution < 1.29 is 0 Å². The first-order chi connectivity index (χ1) is 5.92. The van der Waals surface area contributed by atoms with E-state index < -0.39 is 0 Å². The quantitative estimate of drug-likeness (QED) is 0.756. The highest BCUT2D eigenvalue weighted by Gasteiger charge is 2.24. The molecule has 0 atom stereocenters. The molecule has 0 saturated carbocycles. The van der Waals surface area contributed by atoms with Crippen LogP contribution in [0.1, 0.15) is 6.92 Å². The second-order valence-corrected chi connectivity index (χ2v) is 3.79. The lowest BCUT2D eigenvalue weighted by atomic mass is 10.1. The predicted molar refractivity (Wildman–Crippen MR) is 51.8 cm³/mol. The highest BCUT2D eigenvalue weighted by molar-refractivity contribution is 7.13. The first kappa shape index (κ1) is 8.01. The molecule has 1 fully saturated rings. The number of rotatable bonds is 3. The summed E-state index contributed by atoms with van der Waals surface area (Å²) in [5.74, 6) is 0. The second-order valence-electron chi connectivity index (χ2n) is 2.91. The van der Waals surface area contributed by atoms with Crippen molar-refractivity contribution in [3.8, 4) is 0 Å². The first-order valence-corrected chi connectivity index (χ1v) is 5.16. The Balaban J connectivity index is 2.07. The summed E-state index contributed by atoms with van der Waals surface area (Å²) in [4.78, 5) is 6.67. The third-order valence-electron chi connectivity index (χ3n) is 2.21. The largest absolute Gasteiger partial charge is 0.343 e. The van der Waals surface area contributed by atoms with Crippen LogP contribution in [-0.2, 0) is 0 Å². The summed E-state index contributed by atoms with van der Waals surface area (Å²) in [6.07, 6.45) is 1.87. The van der Waals surface area contributed by atoms with Crippen LogP contribution in [0.2, 0.25) is 0 Å². The van der Waals surface area contributed by atoms with Crippen LogP contribution in [0.25, 0.3) is 0 Å². The van der Waals surface area contributed by atoms with Crippen LogP contribution in [0, 0.1) is 0 Å². The third-order valence-corrected chi connectivity index (χ3v) is 3.01. The Morgan fingerprint density at radius 2 is 2.58 bits per heavy atom. The lowest BCUT2D eigenvalue weighted by Gasteiger charge is -2.37. The van der Waals surface area contributed by atoms with Crippen molar-refractivity contribution in [1.29, 1.82) is 0 Å². The van der Waals surface area contributed by atoms with Gasteiger partial charge in [0.25, 0.3) is 0 Å². The minimum Gasteiger partial charge on any atom is -0.343 e. The number of nitrogens with one attached hydrogen (secondary N) is 1. The molecule has 0 amide bonds. The molecule has 0 spiro atoms. The minimum absolute atomic E-state index is 0.668. The van der Waals surface area contributed by atoms with Gasteiger partial charge < -0.3 is 10.2 Å². The molecule has 1 N–H and O–H groups in total. The van der Waals surface area contributed by atoms with Gasteiger partial charge in [0.05, 0.1) is 6.04 Å². The zero-order chi connectivity index (χ0) is 8.39. The molecule has 0 aromatic carbocycles. The maximum atomic E-state index is 4.31. The van der Waals surface area contributed by atoms with E-state index in [0.29, 0.717) is 6.04 Å². The van der Waals surface area contributed by atoms with Gasteiger partial charge >= 0.3 is 0 Å². The Hall–Kier alpha value is -0.610. The number of likely N-dealkylation sites (N-methyl/N-ethyl adjacent to an activating group) is 1. The molecular weight excluding hydrogens is 170 g/mol. The number of thiazole rings is 1. The van der Waals surface area contributed by atoms with Gasteiger partial charge in [0, 0.05) is 31.2 Å². The molecule has 0 radical (unpaired) electrons. The lowest BCUT2D eigenvalue weighted by Crippen LogP contribution is -2.57. The van der Waals surface area contributed by atoms with E-state index in [-0.39, 0.29) is 0 Å². The fourth-order valence-corrected chi connectivity index (χ4v) is 2.18. The summed E-state index contributed by atoms with van der Waals surface area (Å²) in [5, 5.41) is 6.46. The van der Waals surface area contributed by atoms with Crippen molar-refractivity contribution in [3.05, 3.63) is 11.6 Å². The summed E-state index contributed by atoms with van der Waals surface area (Å²) >= 11 is 1.72. The maximum Gasteiger partial charge on any atom is 0.185 e. The molecule has 1 aromatic heterocycles. The molecule has 0 bridgehead atoms. The molecule has 12 heavy (non-hydrogen) atoms. The van der Waals surface area contributed by atoms with Crippen molar-refractivity contribution in [3.63, 3.8) is 0 Å². The van der Waals surface area contributed by atoms with E-state index in [2.05, 4.69) is 22.1 Å². The number of aromatic nitrogens is 1. The van der Waals surface area contributed by atoms with Gasteiger partial charge in [-0.05, 0) is 6.92 Å². The van der Waals surface area contributed by atoms with Crippen molar-refractivity contribution in [2.45, 2.75) is 13.0 Å². The zero-order valence-corrected chi connectivity index (χ0v) is 7.97. The Morgan fingerprint density at radius 1 is 1.75 bits per heavy atom. The smallest absolute Gasteiger partial charge is 0.185 e. The van der Waals surface area contributed by atoms with E-state index in [9.17, 15) is 0 Å². The van der Waals surface area contributed by atoms with Gasteiger partial charge in [-0.3, -0.25) is 0 Å². The first-order valence-electron chi connectivity index (χ1n) is 4.28. The van der Waals surface area contributed by atoms with Crippen LogP contribution in [0.4, 0.5) is 5.13 Å². The summed E-state index contributed by atoms with van der Waals surface area (Å²) < 4.78 is 0. The number of anilines is 1. The molecule has 2 heterocycles. The van der Waals surface area contributed by atoms with Crippen molar-refractivity contribution >= 4 is 16.5 Å². The fraction of sp³-hybridized carbons (Fsp3) is 0.625. The molecule has 3 nitrogen and oxygen atoms in total. The van der Waals surface area contributed by atoms with Crippen LogP contribution in [0.15, 0.2) is 11.6 Å². The normalized spacial score (nSPS) is 17.4. The van der Waals surface area contributed by atoms with E-state index in [1.165, 1.54) is 0 Å². The highest BCUT2D eigenvalue weighted by atomic mass is 32.1. The molecule has 0 unspecified atom stereocenters. The van der Waals surface area contributed by atoms with Crippen LogP contribution in [-0.4, -0.2) is 30.7 Å². The zero-order valence-electron chi connectivity index (χ0n) is 7.16. The summed E-state index contributed by atoms with van der Waals surface area (Å²) in [6.45, 7) is 5.44.